The van der Waals surface area contributed by atoms with Crippen molar-refractivity contribution in [2.24, 2.45) is 0 Å². The Kier molecular flexibility index (Phi) is 3.83. The Bertz CT molecular complexity index is 743. The summed E-state index contributed by atoms with van der Waals surface area (Å²) in [5, 5.41) is 4.41. The van der Waals surface area contributed by atoms with Gasteiger partial charge in [-0.25, -0.2) is 4.39 Å². The fourth-order valence-electron chi connectivity index (χ4n) is 1.74. The summed E-state index contributed by atoms with van der Waals surface area (Å²) in [5.41, 5.74) is 0.691. The molecule has 0 spiro atoms. The average molecular weight is 305 g/mol. The molecule has 0 unspecified atom stereocenters. The average Bonchev–Trinajstić information content (AvgIpc) is 2.96. The first kappa shape index (κ1) is 13.6. The largest absolute Gasteiger partial charge is 0.484 e. The lowest BCUT2D eigenvalue weighted by Gasteiger charge is -2.01. The van der Waals surface area contributed by atoms with Crippen molar-refractivity contribution in [3.05, 3.63) is 65.3 Å². The highest BCUT2D eigenvalue weighted by Crippen LogP contribution is 2.25. The summed E-state index contributed by atoms with van der Waals surface area (Å²) in [6, 6.07) is 12.9. The molecule has 0 aliphatic heterocycles. The van der Waals surface area contributed by atoms with E-state index in [1.807, 2.05) is 12.1 Å². The molecular weight excluding hydrogens is 295 g/mol. The molecule has 0 saturated carbocycles. The van der Waals surface area contributed by atoms with Crippen molar-refractivity contribution in [1.29, 1.82) is 0 Å². The summed E-state index contributed by atoms with van der Waals surface area (Å²) in [4.78, 5) is 4.21. The number of ether oxygens (including phenoxy) is 1. The summed E-state index contributed by atoms with van der Waals surface area (Å²) in [5.74, 6) is 0.919. The van der Waals surface area contributed by atoms with Crippen LogP contribution in [0, 0.1) is 5.82 Å². The number of nitrogens with zero attached hydrogens (tertiary/aromatic N) is 2. The van der Waals surface area contributed by atoms with Gasteiger partial charge in [0, 0.05) is 5.56 Å². The second kappa shape index (κ2) is 5.93. The zero-order chi connectivity index (χ0) is 14.7. The van der Waals surface area contributed by atoms with E-state index in [0.717, 1.165) is 0 Å². The first-order valence-electron chi connectivity index (χ1n) is 6.18. The molecule has 2 aromatic carbocycles. The third-order valence-electron chi connectivity index (χ3n) is 2.76. The van der Waals surface area contributed by atoms with Crippen molar-refractivity contribution < 1.29 is 13.7 Å². The Morgan fingerprint density at radius 3 is 2.62 bits per heavy atom. The van der Waals surface area contributed by atoms with E-state index in [-0.39, 0.29) is 12.4 Å². The van der Waals surface area contributed by atoms with Gasteiger partial charge >= 0.3 is 0 Å². The van der Waals surface area contributed by atoms with Gasteiger partial charge in [0.15, 0.2) is 6.61 Å². The van der Waals surface area contributed by atoms with Crippen molar-refractivity contribution in [1.82, 2.24) is 10.1 Å². The van der Waals surface area contributed by atoms with Crippen molar-refractivity contribution >= 4 is 11.6 Å². The van der Waals surface area contributed by atoms with Gasteiger partial charge in [-0.15, -0.1) is 0 Å². The third kappa shape index (κ3) is 3.20. The molecule has 3 aromatic rings. The molecule has 0 amide bonds. The van der Waals surface area contributed by atoms with Gasteiger partial charge in [-0.2, -0.15) is 4.98 Å². The van der Waals surface area contributed by atoms with Crippen LogP contribution in [-0.2, 0) is 6.61 Å². The Hall–Kier alpha value is -2.40. The van der Waals surface area contributed by atoms with E-state index in [4.69, 9.17) is 20.9 Å². The normalized spacial score (nSPS) is 10.6. The SMILES string of the molecule is Fc1ccc(OCc2nc(-c3ccccc3Cl)no2)cc1. The molecule has 4 nitrogen and oxygen atoms in total. The van der Waals surface area contributed by atoms with Gasteiger partial charge < -0.3 is 9.26 Å². The van der Waals surface area contributed by atoms with E-state index in [1.165, 1.54) is 24.3 Å². The molecular formula is C15H10ClFN2O2. The van der Waals surface area contributed by atoms with Gasteiger partial charge in [0.05, 0.1) is 5.02 Å². The summed E-state index contributed by atoms with van der Waals surface area (Å²) < 4.78 is 23.3. The maximum atomic E-state index is 12.8. The summed E-state index contributed by atoms with van der Waals surface area (Å²) in [7, 11) is 0. The minimum absolute atomic E-state index is 0.100. The predicted octanol–water partition coefficient (Wildman–Crippen LogP) is 4.11. The lowest BCUT2D eigenvalue weighted by Crippen LogP contribution is -1.95. The number of hydrogen-bond acceptors (Lipinski definition) is 4. The van der Waals surface area contributed by atoms with Gasteiger partial charge in [-0.1, -0.05) is 28.9 Å². The fourth-order valence-corrected chi connectivity index (χ4v) is 1.96. The number of halogens is 2. The molecule has 0 radical (unpaired) electrons. The molecule has 0 N–H and O–H groups in total. The van der Waals surface area contributed by atoms with E-state index in [0.29, 0.717) is 28.1 Å². The third-order valence-corrected chi connectivity index (χ3v) is 3.09. The van der Waals surface area contributed by atoms with Crippen LogP contribution in [0.1, 0.15) is 5.89 Å². The Morgan fingerprint density at radius 1 is 1.10 bits per heavy atom. The van der Waals surface area contributed by atoms with Crippen LogP contribution in [0.2, 0.25) is 5.02 Å². The number of aromatic nitrogens is 2. The minimum Gasteiger partial charge on any atom is -0.484 e. The van der Waals surface area contributed by atoms with Crippen LogP contribution < -0.4 is 4.74 Å². The topological polar surface area (TPSA) is 48.2 Å². The summed E-state index contributed by atoms with van der Waals surface area (Å²) in [6.07, 6.45) is 0. The van der Waals surface area contributed by atoms with Crippen molar-refractivity contribution in [2.45, 2.75) is 6.61 Å². The zero-order valence-electron chi connectivity index (χ0n) is 10.8. The maximum Gasteiger partial charge on any atom is 0.264 e. The highest BCUT2D eigenvalue weighted by molar-refractivity contribution is 6.33. The molecule has 0 atom stereocenters. The standard InChI is InChI=1S/C15H10ClFN2O2/c16-13-4-2-1-3-12(13)15-18-14(21-19-15)9-20-11-7-5-10(17)6-8-11/h1-8H,9H2. The Balaban J connectivity index is 1.71. The molecule has 0 fully saturated rings. The molecule has 0 saturated heterocycles. The second-order valence-electron chi connectivity index (χ2n) is 4.23. The van der Waals surface area contributed by atoms with Crippen LogP contribution in [0.25, 0.3) is 11.4 Å². The number of rotatable bonds is 4. The molecule has 106 valence electrons. The van der Waals surface area contributed by atoms with Crippen molar-refractivity contribution in [2.75, 3.05) is 0 Å². The summed E-state index contributed by atoms with van der Waals surface area (Å²) >= 11 is 6.07. The zero-order valence-corrected chi connectivity index (χ0v) is 11.5. The quantitative estimate of drug-likeness (QED) is 0.728. The maximum absolute atomic E-state index is 12.8. The monoisotopic (exact) mass is 304 g/mol. The van der Waals surface area contributed by atoms with E-state index in [1.54, 1.807) is 12.1 Å². The molecule has 0 bridgehead atoms. The number of benzene rings is 2. The minimum atomic E-state index is -0.318. The van der Waals surface area contributed by atoms with Crippen LogP contribution in [0.5, 0.6) is 5.75 Å². The van der Waals surface area contributed by atoms with Crippen LogP contribution in [0.15, 0.2) is 53.1 Å². The molecule has 3 rings (SSSR count). The smallest absolute Gasteiger partial charge is 0.264 e. The van der Waals surface area contributed by atoms with E-state index in [9.17, 15) is 4.39 Å². The summed E-state index contributed by atoms with van der Waals surface area (Å²) in [6.45, 7) is 0.100. The van der Waals surface area contributed by atoms with Crippen molar-refractivity contribution in [3.63, 3.8) is 0 Å². The van der Waals surface area contributed by atoms with Gasteiger partial charge in [-0.05, 0) is 36.4 Å². The van der Waals surface area contributed by atoms with Crippen LogP contribution in [0.3, 0.4) is 0 Å². The van der Waals surface area contributed by atoms with Gasteiger partial charge in [0.1, 0.15) is 11.6 Å². The van der Waals surface area contributed by atoms with Crippen LogP contribution >= 0.6 is 11.6 Å². The highest BCUT2D eigenvalue weighted by atomic mass is 35.5. The van der Waals surface area contributed by atoms with Crippen LogP contribution in [-0.4, -0.2) is 10.1 Å². The van der Waals surface area contributed by atoms with E-state index >= 15 is 0 Å². The van der Waals surface area contributed by atoms with Crippen LogP contribution in [0.4, 0.5) is 4.39 Å². The van der Waals surface area contributed by atoms with Gasteiger partial charge in [-0.3, -0.25) is 0 Å². The predicted molar refractivity (Wildman–Crippen MR) is 75.5 cm³/mol. The Morgan fingerprint density at radius 2 is 1.86 bits per heavy atom. The first-order chi connectivity index (χ1) is 10.2. The second-order valence-corrected chi connectivity index (χ2v) is 4.64. The van der Waals surface area contributed by atoms with Gasteiger partial charge in [0.25, 0.3) is 5.89 Å². The molecule has 0 aliphatic rings. The lowest BCUT2D eigenvalue weighted by molar-refractivity contribution is 0.242. The first-order valence-corrected chi connectivity index (χ1v) is 6.56. The lowest BCUT2D eigenvalue weighted by atomic mass is 10.2. The molecule has 21 heavy (non-hydrogen) atoms. The molecule has 1 heterocycles. The number of hydrogen-bond donors (Lipinski definition) is 0. The van der Waals surface area contributed by atoms with Crippen molar-refractivity contribution in [3.8, 4) is 17.1 Å². The van der Waals surface area contributed by atoms with E-state index < -0.39 is 0 Å². The Labute approximate surface area is 125 Å². The van der Waals surface area contributed by atoms with E-state index in [2.05, 4.69) is 10.1 Å². The molecule has 6 heteroatoms. The fraction of sp³-hybridized carbons (Fsp3) is 0.0667. The molecule has 0 aliphatic carbocycles. The highest BCUT2D eigenvalue weighted by Gasteiger charge is 2.11. The molecule has 1 aromatic heterocycles. The van der Waals surface area contributed by atoms with Gasteiger partial charge in [0.2, 0.25) is 5.82 Å².